The van der Waals surface area contributed by atoms with E-state index in [2.05, 4.69) is 30.9 Å². The highest BCUT2D eigenvalue weighted by Gasteiger charge is 2.11. The van der Waals surface area contributed by atoms with E-state index in [-0.39, 0.29) is 5.91 Å². The zero-order valence-corrected chi connectivity index (χ0v) is 17.6. The van der Waals surface area contributed by atoms with Gasteiger partial charge in [0.2, 0.25) is 5.95 Å². The Bertz CT molecular complexity index is 1250. The lowest BCUT2D eigenvalue weighted by molar-refractivity contribution is 0.102. The molecule has 0 aliphatic rings. The normalized spacial score (nSPS) is 10.6. The van der Waals surface area contributed by atoms with E-state index in [9.17, 15) is 9.18 Å². The molecule has 32 heavy (non-hydrogen) atoms. The first-order valence-electron chi connectivity index (χ1n) is 9.95. The van der Waals surface area contributed by atoms with Crippen molar-refractivity contribution < 1.29 is 9.18 Å². The standard InChI is InChI=1S/C23H22FN7O/c1-15-6-7-18(29-22(32)17-5-3-4-16(10-17)13-24)11-19(15)30-23-26-8-9-31(23)21-12-20(25-2)27-14-28-21/h3-12,14H,13H2,1-2H3,(H,26,30)(H,29,32)(H,25,27,28). The summed E-state index contributed by atoms with van der Waals surface area (Å²) in [6, 6.07) is 13.8. The van der Waals surface area contributed by atoms with Crippen molar-refractivity contribution in [2.45, 2.75) is 13.6 Å². The Balaban J connectivity index is 1.57. The van der Waals surface area contributed by atoms with E-state index in [1.165, 1.54) is 6.33 Å². The molecular weight excluding hydrogens is 409 g/mol. The largest absolute Gasteiger partial charge is 0.373 e. The van der Waals surface area contributed by atoms with Gasteiger partial charge >= 0.3 is 0 Å². The number of carbonyl (C=O) groups excluding carboxylic acids is 1. The van der Waals surface area contributed by atoms with Crippen LogP contribution >= 0.6 is 0 Å². The van der Waals surface area contributed by atoms with Crippen LogP contribution in [-0.2, 0) is 6.67 Å². The van der Waals surface area contributed by atoms with E-state index >= 15 is 0 Å². The third kappa shape index (κ3) is 4.56. The maximum absolute atomic E-state index is 12.9. The molecule has 0 spiro atoms. The van der Waals surface area contributed by atoms with Crippen LogP contribution < -0.4 is 16.0 Å². The molecule has 0 unspecified atom stereocenters. The number of aromatic nitrogens is 4. The predicted molar refractivity (Wildman–Crippen MR) is 122 cm³/mol. The third-order valence-electron chi connectivity index (χ3n) is 4.88. The number of imidazole rings is 1. The van der Waals surface area contributed by atoms with E-state index in [0.717, 1.165) is 11.3 Å². The summed E-state index contributed by atoms with van der Waals surface area (Å²) in [6.07, 6.45) is 4.94. The topological polar surface area (TPSA) is 96.8 Å². The zero-order valence-electron chi connectivity index (χ0n) is 17.6. The van der Waals surface area contributed by atoms with Crippen LogP contribution in [0.2, 0.25) is 0 Å². The number of carbonyl (C=O) groups is 1. The van der Waals surface area contributed by atoms with E-state index in [1.807, 2.05) is 31.2 Å². The molecule has 0 aliphatic heterocycles. The highest BCUT2D eigenvalue weighted by atomic mass is 19.1. The van der Waals surface area contributed by atoms with Gasteiger partial charge in [-0.15, -0.1) is 0 Å². The summed E-state index contributed by atoms with van der Waals surface area (Å²) in [4.78, 5) is 25.4. The summed E-state index contributed by atoms with van der Waals surface area (Å²) in [5.41, 5.74) is 3.20. The van der Waals surface area contributed by atoms with Crippen molar-refractivity contribution in [1.29, 1.82) is 0 Å². The Kier molecular flexibility index (Phi) is 6.07. The molecule has 8 nitrogen and oxygen atoms in total. The van der Waals surface area contributed by atoms with Crippen molar-refractivity contribution in [1.82, 2.24) is 19.5 Å². The molecule has 9 heteroatoms. The molecule has 0 saturated carbocycles. The Morgan fingerprint density at radius 2 is 1.97 bits per heavy atom. The van der Waals surface area contributed by atoms with Gasteiger partial charge in [-0.05, 0) is 42.3 Å². The number of aryl methyl sites for hydroxylation is 1. The van der Waals surface area contributed by atoms with Crippen LogP contribution in [0, 0.1) is 6.92 Å². The second-order valence-electron chi connectivity index (χ2n) is 7.08. The van der Waals surface area contributed by atoms with Gasteiger partial charge in [-0.1, -0.05) is 18.2 Å². The summed E-state index contributed by atoms with van der Waals surface area (Å²) in [5, 5.41) is 9.15. The molecule has 2 aromatic heterocycles. The molecule has 2 heterocycles. The molecule has 0 saturated heterocycles. The second kappa shape index (κ2) is 9.25. The SMILES string of the molecule is CNc1cc(-n2ccnc2Nc2cc(NC(=O)c3cccc(CF)c3)ccc2C)ncn1. The van der Waals surface area contributed by atoms with E-state index in [4.69, 9.17) is 0 Å². The number of nitrogens with one attached hydrogen (secondary N) is 3. The molecule has 1 amide bonds. The van der Waals surface area contributed by atoms with Crippen molar-refractivity contribution in [3.8, 4) is 5.82 Å². The minimum absolute atomic E-state index is 0.308. The second-order valence-corrected chi connectivity index (χ2v) is 7.08. The van der Waals surface area contributed by atoms with Gasteiger partial charge in [-0.25, -0.2) is 19.3 Å². The fourth-order valence-corrected chi connectivity index (χ4v) is 3.15. The van der Waals surface area contributed by atoms with Crippen molar-refractivity contribution in [3.05, 3.63) is 83.9 Å². The van der Waals surface area contributed by atoms with Gasteiger partial charge in [0.1, 0.15) is 24.6 Å². The minimum Gasteiger partial charge on any atom is -0.373 e. The maximum atomic E-state index is 12.9. The number of alkyl halides is 1. The van der Waals surface area contributed by atoms with Gasteiger partial charge < -0.3 is 16.0 Å². The van der Waals surface area contributed by atoms with Gasteiger partial charge in [-0.2, -0.15) is 0 Å². The smallest absolute Gasteiger partial charge is 0.255 e. The predicted octanol–water partition coefficient (Wildman–Crippen LogP) is 4.48. The number of nitrogens with zero attached hydrogens (tertiary/aromatic N) is 4. The lowest BCUT2D eigenvalue weighted by Gasteiger charge is -2.14. The first kappa shape index (κ1) is 21.0. The van der Waals surface area contributed by atoms with Crippen LogP contribution in [0.3, 0.4) is 0 Å². The van der Waals surface area contributed by atoms with Crippen molar-refractivity contribution in [2.24, 2.45) is 0 Å². The van der Waals surface area contributed by atoms with Crippen LogP contribution in [0.25, 0.3) is 5.82 Å². The summed E-state index contributed by atoms with van der Waals surface area (Å²) in [6.45, 7) is 1.34. The molecule has 4 aromatic rings. The first-order chi connectivity index (χ1) is 15.6. The van der Waals surface area contributed by atoms with Gasteiger partial charge in [0.15, 0.2) is 0 Å². The molecule has 2 aromatic carbocycles. The Labute approximate surface area is 184 Å². The highest BCUT2D eigenvalue weighted by molar-refractivity contribution is 6.04. The number of hydrogen-bond acceptors (Lipinski definition) is 6. The Morgan fingerprint density at radius 1 is 1.09 bits per heavy atom. The Morgan fingerprint density at radius 3 is 2.78 bits per heavy atom. The number of benzene rings is 2. The lowest BCUT2D eigenvalue weighted by atomic mass is 10.1. The molecule has 3 N–H and O–H groups in total. The Hall–Kier alpha value is -4.27. The summed E-state index contributed by atoms with van der Waals surface area (Å²) >= 11 is 0. The molecule has 162 valence electrons. The summed E-state index contributed by atoms with van der Waals surface area (Å²) < 4.78 is 14.7. The molecule has 0 bridgehead atoms. The first-order valence-corrected chi connectivity index (χ1v) is 9.95. The fourth-order valence-electron chi connectivity index (χ4n) is 3.15. The number of amides is 1. The monoisotopic (exact) mass is 431 g/mol. The maximum Gasteiger partial charge on any atom is 0.255 e. The molecule has 0 atom stereocenters. The van der Waals surface area contributed by atoms with Crippen LogP contribution in [0.5, 0.6) is 0 Å². The van der Waals surface area contributed by atoms with Gasteiger partial charge in [0.05, 0.1) is 0 Å². The van der Waals surface area contributed by atoms with Crippen LogP contribution in [0.15, 0.2) is 67.3 Å². The third-order valence-corrected chi connectivity index (χ3v) is 4.88. The van der Waals surface area contributed by atoms with Crippen LogP contribution in [0.4, 0.5) is 27.5 Å². The number of rotatable bonds is 7. The van der Waals surface area contributed by atoms with Crippen molar-refractivity contribution >= 4 is 29.0 Å². The molecule has 0 radical (unpaired) electrons. The van der Waals surface area contributed by atoms with E-state index < -0.39 is 6.67 Å². The number of hydrogen-bond donors (Lipinski definition) is 3. The van der Waals surface area contributed by atoms with Crippen LogP contribution in [-0.4, -0.2) is 32.5 Å². The van der Waals surface area contributed by atoms with Gasteiger partial charge in [-0.3, -0.25) is 9.36 Å². The van der Waals surface area contributed by atoms with Crippen molar-refractivity contribution in [3.63, 3.8) is 0 Å². The van der Waals surface area contributed by atoms with Gasteiger partial charge in [0.25, 0.3) is 5.91 Å². The quantitative estimate of drug-likeness (QED) is 0.399. The molecule has 0 aliphatic carbocycles. The average Bonchev–Trinajstić information content (AvgIpc) is 3.29. The number of halogens is 1. The molecule has 4 rings (SSSR count). The van der Waals surface area contributed by atoms with Gasteiger partial charge in [0, 0.05) is 42.4 Å². The minimum atomic E-state index is -0.617. The zero-order chi connectivity index (χ0) is 22.5. The highest BCUT2D eigenvalue weighted by Crippen LogP contribution is 2.25. The average molecular weight is 431 g/mol. The summed E-state index contributed by atoms with van der Waals surface area (Å²) in [5.74, 6) is 1.59. The van der Waals surface area contributed by atoms with Crippen LogP contribution in [0.1, 0.15) is 21.5 Å². The molecule has 0 fully saturated rings. The molecular formula is C23H22FN7O. The summed E-state index contributed by atoms with van der Waals surface area (Å²) in [7, 11) is 1.79. The van der Waals surface area contributed by atoms with E-state index in [1.54, 1.807) is 48.3 Å². The van der Waals surface area contributed by atoms with Crippen molar-refractivity contribution in [2.75, 3.05) is 23.0 Å². The number of anilines is 4. The van der Waals surface area contributed by atoms with E-state index in [0.29, 0.717) is 34.4 Å². The lowest BCUT2D eigenvalue weighted by Crippen LogP contribution is -2.12. The fraction of sp³-hybridized carbons (Fsp3) is 0.130.